The van der Waals surface area contributed by atoms with Crippen molar-refractivity contribution in [3.05, 3.63) is 53.1 Å². The van der Waals surface area contributed by atoms with Crippen LogP contribution in [0.2, 0.25) is 5.02 Å². The van der Waals surface area contributed by atoms with Crippen LogP contribution < -0.4 is 5.32 Å². The highest BCUT2D eigenvalue weighted by Gasteiger charge is 2.31. The van der Waals surface area contributed by atoms with Crippen LogP contribution in [0.5, 0.6) is 0 Å². The van der Waals surface area contributed by atoms with Crippen LogP contribution >= 0.6 is 11.6 Å². The number of hydrogen-bond acceptors (Lipinski definition) is 5. The molecule has 1 saturated heterocycles. The van der Waals surface area contributed by atoms with Gasteiger partial charge in [0.05, 0.1) is 10.6 Å². The van der Waals surface area contributed by atoms with E-state index in [0.717, 1.165) is 19.3 Å². The number of hydrogen-bond donors (Lipinski definition) is 1. The van der Waals surface area contributed by atoms with E-state index in [9.17, 15) is 16.8 Å². The fraction of sp³-hybridized carbons (Fsp3) is 0.278. The molecule has 2 aromatic carbocycles. The predicted octanol–water partition coefficient (Wildman–Crippen LogP) is 3.08. The Morgan fingerprint density at radius 3 is 2.50 bits per heavy atom. The van der Waals surface area contributed by atoms with Crippen LogP contribution in [0.25, 0.3) is 0 Å². The fourth-order valence-electron chi connectivity index (χ4n) is 3.31. The van der Waals surface area contributed by atoms with Gasteiger partial charge in [-0.1, -0.05) is 30.2 Å². The zero-order valence-corrected chi connectivity index (χ0v) is 17.2. The lowest BCUT2D eigenvalue weighted by Gasteiger charge is -2.26. The number of fused-ring (bicyclic) bond motifs is 1. The van der Waals surface area contributed by atoms with E-state index < -0.39 is 20.0 Å². The predicted molar refractivity (Wildman–Crippen MR) is 108 cm³/mol. The van der Waals surface area contributed by atoms with Crippen LogP contribution in [-0.2, 0) is 20.0 Å². The van der Waals surface area contributed by atoms with Gasteiger partial charge in [0.1, 0.15) is 4.90 Å². The highest BCUT2D eigenvalue weighted by Crippen LogP contribution is 2.32. The lowest BCUT2D eigenvalue weighted by Crippen LogP contribution is -2.35. The first kappa shape index (κ1) is 19.4. The van der Waals surface area contributed by atoms with Crippen LogP contribution in [0.4, 0.5) is 5.69 Å². The van der Waals surface area contributed by atoms with Gasteiger partial charge in [0, 0.05) is 23.7 Å². The summed E-state index contributed by atoms with van der Waals surface area (Å²) >= 11 is 5.98. The molecular weight excluding hydrogens is 422 g/mol. The van der Waals surface area contributed by atoms with Gasteiger partial charge in [-0.25, -0.2) is 8.42 Å². The van der Waals surface area contributed by atoms with Crippen LogP contribution in [0.3, 0.4) is 0 Å². The first-order valence-corrected chi connectivity index (χ1v) is 12.1. The molecule has 0 unspecified atom stereocenters. The summed E-state index contributed by atoms with van der Waals surface area (Å²) < 4.78 is 56.4. The summed E-state index contributed by atoms with van der Waals surface area (Å²) in [5, 5.41) is 3.41. The minimum atomic E-state index is -4.07. The molecule has 10 heteroatoms. The zero-order valence-electron chi connectivity index (χ0n) is 14.8. The zero-order chi connectivity index (χ0) is 19.9. The second-order valence-electron chi connectivity index (χ2n) is 6.67. The highest BCUT2D eigenvalue weighted by atomic mass is 35.5. The van der Waals surface area contributed by atoms with Crippen molar-refractivity contribution in [3.8, 4) is 0 Å². The van der Waals surface area contributed by atoms with Gasteiger partial charge in [-0.15, -0.1) is 4.40 Å². The van der Waals surface area contributed by atoms with Crippen molar-refractivity contribution in [1.29, 1.82) is 0 Å². The third kappa shape index (κ3) is 3.55. The van der Waals surface area contributed by atoms with E-state index in [2.05, 4.69) is 9.71 Å². The molecule has 0 aliphatic carbocycles. The molecule has 2 aliphatic rings. The summed E-state index contributed by atoms with van der Waals surface area (Å²) in [5.41, 5.74) is 0.800. The molecule has 0 radical (unpaired) electrons. The number of benzene rings is 2. The number of piperidine rings is 1. The second-order valence-corrected chi connectivity index (χ2v) is 10.6. The molecule has 0 spiro atoms. The van der Waals surface area contributed by atoms with Crippen molar-refractivity contribution in [3.63, 3.8) is 0 Å². The third-order valence-corrected chi connectivity index (χ3v) is 8.19. The Labute approximate surface area is 169 Å². The molecule has 4 rings (SSSR count). The standard InChI is InChI=1S/C18H18ClN3O4S2/c19-14-6-4-5-13(11-14)18-20-16-8-7-15(12-17(16)27(23,24)21-18)28(25,26)22-9-2-1-3-10-22/h4-8,11-12H,1-3,9-10H2,(H,20,21). The van der Waals surface area contributed by atoms with Crippen molar-refractivity contribution in [2.75, 3.05) is 18.4 Å². The fourth-order valence-corrected chi connectivity index (χ4v) is 6.29. The largest absolute Gasteiger partial charge is 0.338 e. The van der Waals surface area contributed by atoms with Crippen molar-refractivity contribution < 1.29 is 16.8 Å². The van der Waals surface area contributed by atoms with Crippen molar-refractivity contribution in [2.24, 2.45) is 4.40 Å². The second kappa shape index (κ2) is 7.14. The quantitative estimate of drug-likeness (QED) is 0.792. The molecule has 0 aromatic heterocycles. The summed E-state index contributed by atoms with van der Waals surface area (Å²) in [4.78, 5) is -0.198. The summed E-state index contributed by atoms with van der Waals surface area (Å²) in [5.74, 6) is 0.140. The number of sulfonamides is 2. The van der Waals surface area contributed by atoms with Gasteiger partial charge in [0.25, 0.3) is 10.0 Å². The van der Waals surface area contributed by atoms with Gasteiger partial charge in [0.2, 0.25) is 10.0 Å². The van der Waals surface area contributed by atoms with E-state index in [4.69, 9.17) is 11.6 Å². The van der Waals surface area contributed by atoms with Crippen molar-refractivity contribution >= 4 is 43.2 Å². The number of anilines is 1. The number of halogens is 1. The summed E-state index contributed by atoms with van der Waals surface area (Å²) in [6.45, 7) is 0.892. The Balaban J connectivity index is 1.74. The first-order valence-electron chi connectivity index (χ1n) is 8.79. The van der Waals surface area contributed by atoms with E-state index in [-0.39, 0.29) is 21.3 Å². The SMILES string of the molecule is O=S1(=O)N=C(c2cccc(Cl)c2)Nc2ccc(S(=O)(=O)N3CCCCC3)cc21. The average molecular weight is 440 g/mol. The van der Waals surface area contributed by atoms with Crippen LogP contribution in [0, 0.1) is 0 Å². The molecule has 2 aliphatic heterocycles. The van der Waals surface area contributed by atoms with E-state index >= 15 is 0 Å². The maximum Gasteiger partial charge on any atom is 0.286 e. The molecule has 1 fully saturated rings. The maximum atomic E-state index is 12.9. The monoisotopic (exact) mass is 439 g/mol. The average Bonchev–Trinajstić information content (AvgIpc) is 2.68. The van der Waals surface area contributed by atoms with E-state index in [0.29, 0.717) is 23.7 Å². The summed E-state index contributed by atoms with van der Waals surface area (Å²) in [6.07, 6.45) is 2.60. The van der Waals surface area contributed by atoms with Gasteiger partial charge in [-0.2, -0.15) is 12.7 Å². The maximum absolute atomic E-state index is 12.9. The molecule has 148 valence electrons. The van der Waals surface area contributed by atoms with Crippen molar-refractivity contribution in [2.45, 2.75) is 29.1 Å². The van der Waals surface area contributed by atoms with Crippen LogP contribution in [0.1, 0.15) is 24.8 Å². The molecule has 2 aromatic rings. The molecule has 2 heterocycles. The Morgan fingerprint density at radius 1 is 1.04 bits per heavy atom. The van der Waals surface area contributed by atoms with Gasteiger partial charge < -0.3 is 5.32 Å². The highest BCUT2D eigenvalue weighted by molar-refractivity contribution is 7.91. The smallest absolute Gasteiger partial charge is 0.286 e. The summed E-state index contributed by atoms with van der Waals surface area (Å²) in [7, 11) is -7.81. The van der Waals surface area contributed by atoms with Crippen LogP contribution in [-0.4, -0.2) is 40.1 Å². The van der Waals surface area contributed by atoms with Gasteiger partial charge >= 0.3 is 0 Å². The number of nitrogens with zero attached hydrogens (tertiary/aromatic N) is 2. The Kier molecular flexibility index (Phi) is 4.95. The minimum absolute atomic E-state index is 0.0417. The van der Waals surface area contributed by atoms with Crippen LogP contribution in [0.15, 0.2) is 56.7 Å². The molecular formula is C18H18ClN3O4S2. The van der Waals surface area contributed by atoms with Gasteiger partial charge in [0.15, 0.2) is 5.84 Å². The van der Waals surface area contributed by atoms with E-state index in [1.165, 1.54) is 22.5 Å². The molecule has 7 nitrogen and oxygen atoms in total. The molecule has 0 atom stereocenters. The molecule has 0 saturated carbocycles. The molecule has 0 amide bonds. The third-order valence-electron chi connectivity index (χ3n) is 4.75. The Hall–Kier alpha value is -1.94. The lowest BCUT2D eigenvalue weighted by atomic mass is 10.2. The number of amidine groups is 1. The molecule has 1 N–H and O–H groups in total. The van der Waals surface area contributed by atoms with E-state index in [1.807, 2.05) is 0 Å². The number of nitrogens with one attached hydrogen (secondary N) is 1. The van der Waals surface area contributed by atoms with Crippen molar-refractivity contribution in [1.82, 2.24) is 4.31 Å². The minimum Gasteiger partial charge on any atom is -0.338 e. The van der Waals surface area contributed by atoms with E-state index in [1.54, 1.807) is 24.3 Å². The summed E-state index contributed by atoms with van der Waals surface area (Å²) in [6, 6.07) is 10.7. The van der Waals surface area contributed by atoms with Gasteiger partial charge in [-0.3, -0.25) is 0 Å². The van der Waals surface area contributed by atoms with Gasteiger partial charge in [-0.05, 0) is 43.2 Å². The Morgan fingerprint density at radius 2 is 1.79 bits per heavy atom. The lowest BCUT2D eigenvalue weighted by molar-refractivity contribution is 0.346. The normalized spacial score (nSPS) is 19.4. The topological polar surface area (TPSA) is 95.9 Å². The molecule has 0 bridgehead atoms. The number of rotatable bonds is 3. The molecule has 28 heavy (non-hydrogen) atoms. The first-order chi connectivity index (χ1) is 13.3. The Bertz CT molecular complexity index is 1170.